The number of fused-ring (bicyclic) bond motifs is 1. The highest BCUT2D eigenvalue weighted by Gasteiger charge is 2.23. The number of nitrogens with zero attached hydrogens (tertiary/aromatic N) is 1. The minimum Gasteiger partial charge on any atom is -0.301 e. The number of rotatable bonds is 6. The van der Waals surface area contributed by atoms with Crippen molar-refractivity contribution in [2.45, 2.75) is 24.8 Å². The van der Waals surface area contributed by atoms with E-state index in [1.165, 1.54) is 30.4 Å². The summed E-state index contributed by atoms with van der Waals surface area (Å²) in [6.45, 7) is 3.38. The van der Waals surface area contributed by atoms with Gasteiger partial charge in [0.15, 0.2) is 5.13 Å². The Hall–Kier alpha value is -3.07. The van der Waals surface area contributed by atoms with Gasteiger partial charge in [-0.25, -0.2) is 13.4 Å². The van der Waals surface area contributed by atoms with E-state index in [0.717, 1.165) is 27.6 Å². The van der Waals surface area contributed by atoms with Gasteiger partial charge in [0.2, 0.25) is 15.9 Å². The molecular weight excluding hydrogens is 430 g/mol. The molecule has 3 aromatic carbocycles. The summed E-state index contributed by atoms with van der Waals surface area (Å²) in [4.78, 5) is 17.2. The van der Waals surface area contributed by atoms with E-state index in [4.69, 9.17) is 0 Å². The van der Waals surface area contributed by atoms with Crippen molar-refractivity contribution in [3.63, 3.8) is 0 Å². The molecule has 158 valence electrons. The van der Waals surface area contributed by atoms with Gasteiger partial charge in [-0.2, -0.15) is 4.72 Å². The second-order valence-corrected chi connectivity index (χ2v) is 9.78. The monoisotopic (exact) mass is 451 g/mol. The van der Waals surface area contributed by atoms with Gasteiger partial charge in [0.05, 0.1) is 16.6 Å². The van der Waals surface area contributed by atoms with E-state index in [2.05, 4.69) is 15.0 Å². The third-order valence-corrected chi connectivity index (χ3v) is 7.17. The summed E-state index contributed by atoms with van der Waals surface area (Å²) < 4.78 is 27.5. The standard InChI is InChI=1S/C23H21N3O3S2/c1-15-10-12-18(13-11-15)31(28,29)26-16(2)22(27)25-23-24-21(14-30-23)20-9-5-7-17-6-3-4-8-19(17)20/h3-14,16,26H,1-2H3,(H,24,25,27). The summed E-state index contributed by atoms with van der Waals surface area (Å²) >= 11 is 1.29. The van der Waals surface area contributed by atoms with E-state index in [1.54, 1.807) is 12.1 Å². The lowest BCUT2D eigenvalue weighted by molar-refractivity contribution is -0.117. The molecule has 1 unspecified atom stereocenters. The molecule has 2 N–H and O–H groups in total. The molecule has 0 spiro atoms. The molecule has 0 radical (unpaired) electrons. The zero-order valence-corrected chi connectivity index (χ0v) is 18.6. The number of hydrogen-bond acceptors (Lipinski definition) is 5. The molecule has 0 aliphatic rings. The SMILES string of the molecule is Cc1ccc(S(=O)(=O)NC(C)C(=O)Nc2nc(-c3cccc4ccccc34)cs2)cc1. The first-order chi connectivity index (χ1) is 14.8. The second kappa shape index (κ2) is 8.58. The maximum atomic E-state index is 12.6. The molecule has 0 fully saturated rings. The normalized spacial score (nSPS) is 12.6. The van der Waals surface area contributed by atoms with Gasteiger partial charge in [-0.1, -0.05) is 60.2 Å². The lowest BCUT2D eigenvalue weighted by Crippen LogP contribution is -2.41. The smallest absolute Gasteiger partial charge is 0.244 e. The minimum absolute atomic E-state index is 0.116. The van der Waals surface area contributed by atoms with Crippen molar-refractivity contribution in [1.82, 2.24) is 9.71 Å². The van der Waals surface area contributed by atoms with Crippen molar-refractivity contribution in [2.75, 3.05) is 5.32 Å². The number of aromatic nitrogens is 1. The fourth-order valence-electron chi connectivity index (χ4n) is 3.19. The molecule has 1 heterocycles. The fraction of sp³-hybridized carbons (Fsp3) is 0.130. The first-order valence-corrected chi connectivity index (χ1v) is 12.0. The first kappa shape index (κ1) is 21.2. The molecule has 0 aliphatic heterocycles. The van der Waals surface area contributed by atoms with Crippen LogP contribution in [0.1, 0.15) is 12.5 Å². The van der Waals surface area contributed by atoms with Crippen LogP contribution in [0, 0.1) is 6.92 Å². The van der Waals surface area contributed by atoms with Gasteiger partial charge in [0, 0.05) is 10.9 Å². The van der Waals surface area contributed by atoms with Crippen LogP contribution >= 0.6 is 11.3 Å². The molecule has 4 aromatic rings. The van der Waals surface area contributed by atoms with Crippen molar-refractivity contribution < 1.29 is 13.2 Å². The Morgan fingerprint density at radius 1 is 1.00 bits per heavy atom. The zero-order valence-electron chi connectivity index (χ0n) is 17.0. The van der Waals surface area contributed by atoms with E-state index in [1.807, 2.05) is 54.8 Å². The molecule has 8 heteroatoms. The van der Waals surface area contributed by atoms with E-state index in [9.17, 15) is 13.2 Å². The topological polar surface area (TPSA) is 88.2 Å². The molecule has 0 aliphatic carbocycles. The number of hydrogen-bond donors (Lipinski definition) is 2. The van der Waals surface area contributed by atoms with Crippen molar-refractivity contribution in [1.29, 1.82) is 0 Å². The van der Waals surface area contributed by atoms with Gasteiger partial charge in [-0.15, -0.1) is 11.3 Å². The molecule has 1 atom stereocenters. The van der Waals surface area contributed by atoms with E-state index in [0.29, 0.717) is 5.13 Å². The first-order valence-electron chi connectivity index (χ1n) is 9.67. The van der Waals surface area contributed by atoms with Gasteiger partial charge < -0.3 is 5.32 Å². The molecule has 0 saturated carbocycles. The summed E-state index contributed by atoms with van der Waals surface area (Å²) in [5, 5.41) is 7.17. The summed E-state index contributed by atoms with van der Waals surface area (Å²) in [5.41, 5.74) is 2.68. The fourth-order valence-corrected chi connectivity index (χ4v) is 5.11. The highest BCUT2D eigenvalue weighted by atomic mass is 32.2. The second-order valence-electron chi connectivity index (χ2n) is 7.21. The Kier molecular flexibility index (Phi) is 5.86. The minimum atomic E-state index is -3.80. The Morgan fingerprint density at radius 2 is 1.71 bits per heavy atom. The average molecular weight is 452 g/mol. The largest absolute Gasteiger partial charge is 0.301 e. The number of carbonyl (C=O) groups excluding carboxylic acids is 1. The number of benzene rings is 3. The van der Waals surface area contributed by atoms with Gasteiger partial charge in [-0.05, 0) is 36.8 Å². The lowest BCUT2D eigenvalue weighted by Gasteiger charge is -2.13. The molecule has 4 rings (SSSR count). The van der Waals surface area contributed by atoms with E-state index >= 15 is 0 Å². The molecular formula is C23H21N3O3S2. The van der Waals surface area contributed by atoms with Crippen LogP contribution in [-0.2, 0) is 14.8 Å². The summed E-state index contributed by atoms with van der Waals surface area (Å²) in [6.07, 6.45) is 0. The third-order valence-electron chi connectivity index (χ3n) is 4.86. The summed E-state index contributed by atoms with van der Waals surface area (Å²) in [6, 6.07) is 19.5. The highest BCUT2D eigenvalue weighted by molar-refractivity contribution is 7.89. The van der Waals surface area contributed by atoms with Crippen LogP contribution in [0.25, 0.3) is 22.0 Å². The quantitative estimate of drug-likeness (QED) is 0.449. The molecule has 0 bridgehead atoms. The van der Waals surface area contributed by atoms with Crippen molar-refractivity contribution in [2.24, 2.45) is 0 Å². The number of nitrogens with one attached hydrogen (secondary N) is 2. The Labute approximate surface area is 185 Å². The third kappa shape index (κ3) is 4.66. The Morgan fingerprint density at radius 3 is 2.48 bits per heavy atom. The van der Waals surface area contributed by atoms with Gasteiger partial charge in [0.1, 0.15) is 0 Å². The highest BCUT2D eigenvalue weighted by Crippen LogP contribution is 2.31. The van der Waals surface area contributed by atoms with Crippen LogP contribution in [0.4, 0.5) is 5.13 Å². The maximum absolute atomic E-state index is 12.6. The molecule has 31 heavy (non-hydrogen) atoms. The zero-order chi connectivity index (χ0) is 22.0. The van der Waals surface area contributed by atoms with Gasteiger partial charge >= 0.3 is 0 Å². The van der Waals surface area contributed by atoms with Crippen LogP contribution < -0.4 is 10.0 Å². The van der Waals surface area contributed by atoms with E-state index in [-0.39, 0.29) is 4.90 Å². The molecule has 1 aromatic heterocycles. The van der Waals surface area contributed by atoms with Crippen LogP contribution in [0.15, 0.2) is 77.0 Å². The number of sulfonamides is 1. The molecule has 6 nitrogen and oxygen atoms in total. The number of carbonyl (C=O) groups is 1. The Bertz CT molecular complexity index is 1340. The number of aryl methyl sites for hydroxylation is 1. The van der Waals surface area contributed by atoms with Crippen molar-refractivity contribution >= 4 is 43.2 Å². The Balaban J connectivity index is 1.48. The van der Waals surface area contributed by atoms with Crippen LogP contribution in [0.5, 0.6) is 0 Å². The van der Waals surface area contributed by atoms with Crippen molar-refractivity contribution in [3.8, 4) is 11.3 Å². The van der Waals surface area contributed by atoms with Crippen molar-refractivity contribution in [3.05, 3.63) is 77.7 Å². The van der Waals surface area contributed by atoms with Gasteiger partial charge in [0.25, 0.3) is 0 Å². The molecule has 0 saturated heterocycles. The predicted molar refractivity (Wildman–Crippen MR) is 125 cm³/mol. The van der Waals surface area contributed by atoms with Gasteiger partial charge in [-0.3, -0.25) is 4.79 Å². The number of thiazole rings is 1. The lowest BCUT2D eigenvalue weighted by atomic mass is 10.0. The van der Waals surface area contributed by atoms with Crippen LogP contribution in [0.3, 0.4) is 0 Å². The average Bonchev–Trinajstić information content (AvgIpc) is 3.21. The molecule has 1 amide bonds. The van der Waals surface area contributed by atoms with Crippen LogP contribution in [0.2, 0.25) is 0 Å². The van der Waals surface area contributed by atoms with Crippen LogP contribution in [-0.4, -0.2) is 25.4 Å². The number of anilines is 1. The number of amides is 1. The maximum Gasteiger partial charge on any atom is 0.244 e. The predicted octanol–water partition coefficient (Wildman–Crippen LogP) is 4.58. The van der Waals surface area contributed by atoms with E-state index < -0.39 is 22.0 Å². The summed E-state index contributed by atoms with van der Waals surface area (Å²) in [7, 11) is -3.80. The summed E-state index contributed by atoms with van der Waals surface area (Å²) in [5.74, 6) is -0.477.